The number of hydrogen-bond donors (Lipinski definition) is 1. The van der Waals surface area contributed by atoms with E-state index in [1.165, 1.54) is 0 Å². The third-order valence-electron chi connectivity index (χ3n) is 3.18. The number of likely N-dealkylation sites (tertiary alicyclic amines) is 1. The molecule has 2 N–H and O–H groups in total. The molecule has 20 heavy (non-hydrogen) atoms. The Morgan fingerprint density at radius 3 is 2.75 bits per heavy atom. The van der Waals surface area contributed by atoms with Gasteiger partial charge in [0, 0.05) is 19.1 Å². The van der Waals surface area contributed by atoms with Gasteiger partial charge in [-0.3, -0.25) is 0 Å². The lowest BCUT2D eigenvalue weighted by atomic mass is 9.93. The van der Waals surface area contributed by atoms with Gasteiger partial charge in [0.2, 0.25) is 5.89 Å². The van der Waals surface area contributed by atoms with E-state index in [1.807, 2.05) is 20.8 Å². The minimum absolute atomic E-state index is 0.0893. The maximum absolute atomic E-state index is 12.1. The zero-order valence-corrected chi connectivity index (χ0v) is 12.4. The SMILES string of the molecule is Cc1noc([C@@H]2CN(C(=O)OC(C)(C)C)CC[C@@H]2N)n1. The Morgan fingerprint density at radius 2 is 2.20 bits per heavy atom. The van der Waals surface area contributed by atoms with Crippen LogP contribution in [0.3, 0.4) is 0 Å². The van der Waals surface area contributed by atoms with Crippen LogP contribution in [0, 0.1) is 6.92 Å². The van der Waals surface area contributed by atoms with Gasteiger partial charge in [0.15, 0.2) is 5.82 Å². The molecule has 0 radical (unpaired) electrons. The molecule has 1 aliphatic rings. The van der Waals surface area contributed by atoms with Crippen molar-refractivity contribution in [3.63, 3.8) is 0 Å². The maximum atomic E-state index is 12.1. The van der Waals surface area contributed by atoms with Gasteiger partial charge in [0.1, 0.15) is 5.60 Å². The molecular weight excluding hydrogens is 260 g/mol. The minimum Gasteiger partial charge on any atom is -0.444 e. The molecule has 0 bridgehead atoms. The monoisotopic (exact) mass is 282 g/mol. The van der Waals surface area contributed by atoms with Crippen molar-refractivity contribution in [2.45, 2.75) is 51.7 Å². The standard InChI is InChI=1S/C13H22N4O3/c1-8-15-11(20-16-8)9-7-17(6-5-10(9)14)12(18)19-13(2,3)4/h9-10H,5-7,14H2,1-4H3/t9-,10+/m1/s1. The molecule has 1 aliphatic heterocycles. The van der Waals surface area contributed by atoms with Gasteiger partial charge < -0.3 is 19.9 Å². The highest BCUT2D eigenvalue weighted by Gasteiger charge is 2.35. The first kappa shape index (κ1) is 14.8. The summed E-state index contributed by atoms with van der Waals surface area (Å²) in [6.45, 7) is 8.32. The molecule has 1 aromatic rings. The van der Waals surface area contributed by atoms with Crippen LogP contribution >= 0.6 is 0 Å². The summed E-state index contributed by atoms with van der Waals surface area (Å²) < 4.78 is 10.6. The van der Waals surface area contributed by atoms with Crippen LogP contribution in [-0.2, 0) is 4.74 Å². The van der Waals surface area contributed by atoms with E-state index in [1.54, 1.807) is 11.8 Å². The van der Waals surface area contributed by atoms with Crippen molar-refractivity contribution in [3.8, 4) is 0 Å². The number of carbonyl (C=O) groups excluding carboxylic acids is 1. The van der Waals surface area contributed by atoms with Crippen molar-refractivity contribution in [2.24, 2.45) is 5.73 Å². The number of nitrogens with two attached hydrogens (primary N) is 1. The highest BCUT2D eigenvalue weighted by Crippen LogP contribution is 2.26. The second kappa shape index (κ2) is 5.40. The van der Waals surface area contributed by atoms with Crippen molar-refractivity contribution >= 4 is 6.09 Å². The molecule has 1 fully saturated rings. The molecule has 1 aromatic heterocycles. The molecule has 2 rings (SSSR count). The predicted molar refractivity (Wildman–Crippen MR) is 72.2 cm³/mol. The van der Waals surface area contributed by atoms with Crippen LogP contribution in [0.15, 0.2) is 4.52 Å². The molecule has 7 nitrogen and oxygen atoms in total. The largest absolute Gasteiger partial charge is 0.444 e. The summed E-state index contributed by atoms with van der Waals surface area (Å²) in [6, 6.07) is -0.0893. The lowest BCUT2D eigenvalue weighted by Gasteiger charge is -2.35. The Balaban J connectivity index is 2.06. The van der Waals surface area contributed by atoms with Crippen molar-refractivity contribution < 1.29 is 14.1 Å². The highest BCUT2D eigenvalue weighted by atomic mass is 16.6. The van der Waals surface area contributed by atoms with E-state index in [0.717, 1.165) is 0 Å². The quantitative estimate of drug-likeness (QED) is 0.837. The summed E-state index contributed by atoms with van der Waals surface area (Å²) >= 11 is 0. The fourth-order valence-electron chi connectivity index (χ4n) is 2.19. The lowest BCUT2D eigenvalue weighted by molar-refractivity contribution is 0.0175. The molecule has 2 atom stereocenters. The van der Waals surface area contributed by atoms with Crippen LogP contribution < -0.4 is 5.73 Å². The number of aryl methyl sites for hydroxylation is 1. The van der Waals surface area contributed by atoms with Gasteiger partial charge in [-0.2, -0.15) is 4.98 Å². The molecule has 1 amide bonds. The Labute approximate surface area is 118 Å². The van der Waals surface area contributed by atoms with Crippen molar-refractivity contribution in [1.29, 1.82) is 0 Å². The molecule has 0 unspecified atom stereocenters. The summed E-state index contributed by atoms with van der Waals surface area (Å²) in [5, 5.41) is 3.78. The van der Waals surface area contributed by atoms with Crippen LogP contribution in [-0.4, -0.2) is 45.9 Å². The molecule has 7 heteroatoms. The summed E-state index contributed by atoms with van der Waals surface area (Å²) in [4.78, 5) is 18.0. The van der Waals surface area contributed by atoms with E-state index in [4.69, 9.17) is 15.0 Å². The second-order valence-corrected chi connectivity index (χ2v) is 6.17. The third kappa shape index (κ3) is 3.47. The minimum atomic E-state index is -0.507. The van der Waals surface area contributed by atoms with Gasteiger partial charge >= 0.3 is 6.09 Å². The average Bonchev–Trinajstić information content (AvgIpc) is 2.74. The number of rotatable bonds is 1. The smallest absolute Gasteiger partial charge is 0.410 e. The van der Waals surface area contributed by atoms with Crippen molar-refractivity contribution in [1.82, 2.24) is 15.0 Å². The average molecular weight is 282 g/mol. The van der Waals surface area contributed by atoms with Gasteiger partial charge in [-0.1, -0.05) is 5.16 Å². The third-order valence-corrected chi connectivity index (χ3v) is 3.18. The van der Waals surface area contributed by atoms with Crippen molar-refractivity contribution in [2.75, 3.05) is 13.1 Å². The molecule has 1 saturated heterocycles. The molecule has 0 saturated carbocycles. The molecule has 2 heterocycles. The first-order chi connectivity index (χ1) is 9.26. The number of hydrogen-bond acceptors (Lipinski definition) is 6. The first-order valence-corrected chi connectivity index (χ1v) is 6.80. The van der Waals surface area contributed by atoms with E-state index in [-0.39, 0.29) is 18.1 Å². The Hall–Kier alpha value is -1.63. The summed E-state index contributed by atoms with van der Waals surface area (Å²) in [5.74, 6) is 0.919. The number of piperidine rings is 1. The van der Waals surface area contributed by atoms with E-state index in [2.05, 4.69) is 10.1 Å². The van der Waals surface area contributed by atoms with Crippen LogP contribution in [0.25, 0.3) is 0 Å². The molecule has 0 spiro atoms. The number of aromatic nitrogens is 2. The molecule has 0 aromatic carbocycles. The van der Waals surface area contributed by atoms with Gasteiger partial charge in [0.05, 0.1) is 5.92 Å². The van der Waals surface area contributed by atoms with Gasteiger partial charge in [-0.25, -0.2) is 4.79 Å². The normalized spacial score (nSPS) is 23.8. The Kier molecular flexibility index (Phi) is 3.99. The second-order valence-electron chi connectivity index (χ2n) is 6.17. The van der Waals surface area contributed by atoms with Crippen LogP contribution in [0.2, 0.25) is 0 Å². The fourth-order valence-corrected chi connectivity index (χ4v) is 2.19. The van der Waals surface area contributed by atoms with Gasteiger partial charge in [0.25, 0.3) is 0 Å². The summed E-state index contributed by atoms with van der Waals surface area (Å²) in [5.41, 5.74) is 5.60. The number of amides is 1. The van der Waals surface area contributed by atoms with E-state index in [0.29, 0.717) is 31.2 Å². The van der Waals surface area contributed by atoms with E-state index in [9.17, 15) is 4.79 Å². The number of carbonyl (C=O) groups is 1. The van der Waals surface area contributed by atoms with E-state index < -0.39 is 5.60 Å². The van der Waals surface area contributed by atoms with Crippen LogP contribution in [0.5, 0.6) is 0 Å². The van der Waals surface area contributed by atoms with Crippen LogP contribution in [0.1, 0.15) is 44.8 Å². The topological polar surface area (TPSA) is 94.5 Å². The Bertz CT molecular complexity index is 480. The molecule has 0 aliphatic carbocycles. The zero-order chi connectivity index (χ0) is 14.9. The molecular formula is C13H22N4O3. The lowest BCUT2D eigenvalue weighted by Crippen LogP contribution is -2.49. The maximum Gasteiger partial charge on any atom is 0.410 e. The van der Waals surface area contributed by atoms with Crippen LogP contribution in [0.4, 0.5) is 4.79 Å². The number of ether oxygens (including phenoxy) is 1. The predicted octanol–water partition coefficient (Wildman–Crippen LogP) is 1.43. The van der Waals surface area contributed by atoms with E-state index >= 15 is 0 Å². The molecule has 112 valence electrons. The van der Waals surface area contributed by atoms with Crippen molar-refractivity contribution in [3.05, 3.63) is 11.7 Å². The zero-order valence-electron chi connectivity index (χ0n) is 12.4. The fraction of sp³-hybridized carbons (Fsp3) is 0.769. The van der Waals surface area contributed by atoms with Gasteiger partial charge in [-0.05, 0) is 34.1 Å². The van der Waals surface area contributed by atoms with Gasteiger partial charge in [-0.15, -0.1) is 0 Å². The Morgan fingerprint density at radius 1 is 1.50 bits per heavy atom. The highest BCUT2D eigenvalue weighted by molar-refractivity contribution is 5.68. The first-order valence-electron chi connectivity index (χ1n) is 6.80. The summed E-state index contributed by atoms with van der Waals surface area (Å²) in [7, 11) is 0. The summed E-state index contributed by atoms with van der Waals surface area (Å²) in [6.07, 6.45) is 0.358. The number of nitrogens with zero attached hydrogens (tertiary/aromatic N) is 3.